The van der Waals surface area contributed by atoms with Crippen LogP contribution in [0, 0.1) is 5.92 Å². The molecule has 1 aromatic heterocycles. The average molecular weight is 239 g/mol. The van der Waals surface area contributed by atoms with Crippen LogP contribution in [0.25, 0.3) is 0 Å². The number of aromatic nitrogens is 2. The molecule has 3 N–H and O–H groups in total. The predicted molar refractivity (Wildman–Crippen MR) is 62.9 cm³/mol. The molecular formula is C11H17N3O3. The van der Waals surface area contributed by atoms with E-state index in [4.69, 9.17) is 5.11 Å². The molecule has 0 aliphatic heterocycles. The molecular weight excluding hydrogens is 222 g/mol. The number of nitrogens with one attached hydrogen (secondary N) is 1. The molecule has 0 spiro atoms. The van der Waals surface area contributed by atoms with E-state index in [9.17, 15) is 9.90 Å². The first kappa shape index (κ1) is 13.4. The zero-order valence-corrected chi connectivity index (χ0v) is 9.92. The molecule has 0 aliphatic carbocycles. The van der Waals surface area contributed by atoms with Crippen molar-refractivity contribution >= 4 is 11.8 Å². The van der Waals surface area contributed by atoms with Crippen molar-refractivity contribution in [3.05, 3.63) is 17.8 Å². The first-order valence-electron chi connectivity index (χ1n) is 5.47. The van der Waals surface area contributed by atoms with E-state index in [1.165, 1.54) is 6.07 Å². The minimum absolute atomic E-state index is 0.000538. The molecule has 1 aromatic rings. The largest absolute Gasteiger partial charge is 0.476 e. The van der Waals surface area contributed by atoms with Gasteiger partial charge in [-0.3, -0.25) is 0 Å². The molecule has 0 radical (unpaired) electrons. The third kappa shape index (κ3) is 4.36. The van der Waals surface area contributed by atoms with Gasteiger partial charge in [-0.2, -0.15) is 0 Å². The number of aliphatic hydroxyl groups is 1. The summed E-state index contributed by atoms with van der Waals surface area (Å²) in [4.78, 5) is 10.6. The maximum absolute atomic E-state index is 10.6. The van der Waals surface area contributed by atoms with Crippen molar-refractivity contribution in [2.24, 2.45) is 5.92 Å². The maximum Gasteiger partial charge on any atom is 0.356 e. The van der Waals surface area contributed by atoms with E-state index in [0.29, 0.717) is 11.7 Å². The third-order valence-corrected chi connectivity index (χ3v) is 2.21. The van der Waals surface area contributed by atoms with E-state index in [1.54, 1.807) is 6.07 Å². The lowest BCUT2D eigenvalue weighted by molar-refractivity contribution is 0.0689. The number of hydrogen-bond acceptors (Lipinski definition) is 5. The molecule has 0 aromatic carbocycles. The summed E-state index contributed by atoms with van der Waals surface area (Å²) < 4.78 is 0. The summed E-state index contributed by atoms with van der Waals surface area (Å²) in [6.45, 7) is 4.12. The average Bonchev–Trinajstić information content (AvgIpc) is 2.28. The molecule has 0 amide bonds. The van der Waals surface area contributed by atoms with Crippen LogP contribution in [0.4, 0.5) is 5.82 Å². The molecule has 0 bridgehead atoms. The maximum atomic E-state index is 10.6. The van der Waals surface area contributed by atoms with Crippen LogP contribution in [0.5, 0.6) is 0 Å². The lowest BCUT2D eigenvalue weighted by Crippen LogP contribution is -2.26. The van der Waals surface area contributed by atoms with Crippen LogP contribution in [0.15, 0.2) is 12.1 Å². The van der Waals surface area contributed by atoms with Gasteiger partial charge in [-0.1, -0.05) is 13.8 Å². The minimum Gasteiger partial charge on any atom is -0.476 e. The molecule has 17 heavy (non-hydrogen) atoms. The fourth-order valence-corrected chi connectivity index (χ4v) is 1.48. The SMILES string of the molecule is CC(C)CC(CO)Nc1ccc(C(=O)O)nn1. The number of nitrogens with zero attached hydrogens (tertiary/aromatic N) is 2. The second-order valence-corrected chi connectivity index (χ2v) is 4.26. The van der Waals surface area contributed by atoms with Gasteiger partial charge in [0.05, 0.1) is 12.6 Å². The molecule has 1 unspecified atom stereocenters. The number of anilines is 1. The van der Waals surface area contributed by atoms with Gasteiger partial charge in [-0.15, -0.1) is 10.2 Å². The van der Waals surface area contributed by atoms with Gasteiger partial charge >= 0.3 is 5.97 Å². The standard InChI is InChI=1S/C11H17N3O3/c1-7(2)5-8(6-15)12-10-4-3-9(11(16)17)13-14-10/h3-4,7-8,15H,5-6H2,1-2H3,(H,12,14)(H,16,17). The number of carbonyl (C=O) groups is 1. The van der Waals surface area contributed by atoms with Crippen molar-refractivity contribution in [3.63, 3.8) is 0 Å². The van der Waals surface area contributed by atoms with E-state index >= 15 is 0 Å². The fourth-order valence-electron chi connectivity index (χ4n) is 1.48. The molecule has 1 heterocycles. The Labute approximate surface area is 99.7 Å². The van der Waals surface area contributed by atoms with Crippen molar-refractivity contribution < 1.29 is 15.0 Å². The van der Waals surface area contributed by atoms with Crippen LogP contribution in [0.3, 0.4) is 0 Å². The number of rotatable bonds is 6. The fraction of sp³-hybridized carbons (Fsp3) is 0.545. The van der Waals surface area contributed by atoms with Crippen molar-refractivity contribution in [1.82, 2.24) is 10.2 Å². The van der Waals surface area contributed by atoms with Crippen LogP contribution in [0.2, 0.25) is 0 Å². The second kappa shape index (κ2) is 6.15. The Hall–Kier alpha value is -1.69. The highest BCUT2D eigenvalue weighted by Crippen LogP contribution is 2.10. The van der Waals surface area contributed by atoms with Gasteiger partial charge in [0, 0.05) is 0 Å². The lowest BCUT2D eigenvalue weighted by Gasteiger charge is -2.18. The summed E-state index contributed by atoms with van der Waals surface area (Å²) >= 11 is 0. The van der Waals surface area contributed by atoms with E-state index in [-0.39, 0.29) is 18.3 Å². The first-order valence-corrected chi connectivity index (χ1v) is 5.47. The number of hydrogen-bond donors (Lipinski definition) is 3. The van der Waals surface area contributed by atoms with Crippen molar-refractivity contribution in [3.8, 4) is 0 Å². The normalized spacial score (nSPS) is 12.5. The molecule has 1 atom stereocenters. The monoisotopic (exact) mass is 239 g/mol. The molecule has 0 fully saturated rings. The zero-order chi connectivity index (χ0) is 12.8. The Morgan fingerprint density at radius 2 is 2.12 bits per heavy atom. The van der Waals surface area contributed by atoms with Gasteiger partial charge in [-0.25, -0.2) is 4.79 Å². The highest BCUT2D eigenvalue weighted by Gasteiger charge is 2.11. The Bertz CT molecular complexity index is 365. The summed E-state index contributed by atoms with van der Waals surface area (Å²) in [5.41, 5.74) is -0.0973. The zero-order valence-electron chi connectivity index (χ0n) is 9.92. The Morgan fingerprint density at radius 1 is 1.41 bits per heavy atom. The van der Waals surface area contributed by atoms with Gasteiger partial charge in [0.2, 0.25) is 0 Å². The van der Waals surface area contributed by atoms with Crippen LogP contribution in [-0.2, 0) is 0 Å². The predicted octanol–water partition coefficient (Wildman–Crippen LogP) is 0.994. The van der Waals surface area contributed by atoms with Crippen LogP contribution >= 0.6 is 0 Å². The topological polar surface area (TPSA) is 95.3 Å². The summed E-state index contributed by atoms with van der Waals surface area (Å²) in [6.07, 6.45) is 0.804. The quantitative estimate of drug-likeness (QED) is 0.685. The molecule has 1 rings (SSSR count). The Balaban J connectivity index is 2.64. The molecule has 6 heteroatoms. The summed E-state index contributed by atoms with van der Waals surface area (Å²) in [7, 11) is 0. The van der Waals surface area contributed by atoms with E-state index in [1.807, 2.05) is 0 Å². The Morgan fingerprint density at radius 3 is 2.53 bits per heavy atom. The third-order valence-electron chi connectivity index (χ3n) is 2.21. The summed E-state index contributed by atoms with van der Waals surface area (Å²) in [6, 6.07) is 2.82. The van der Waals surface area contributed by atoms with Gasteiger partial charge < -0.3 is 15.5 Å². The van der Waals surface area contributed by atoms with E-state index in [0.717, 1.165) is 6.42 Å². The molecule has 0 saturated carbocycles. The number of aromatic carboxylic acids is 1. The summed E-state index contributed by atoms with van der Waals surface area (Å²) in [5.74, 6) is -0.189. The molecule has 6 nitrogen and oxygen atoms in total. The highest BCUT2D eigenvalue weighted by atomic mass is 16.4. The number of aliphatic hydroxyl groups excluding tert-OH is 1. The molecule has 0 aliphatic rings. The van der Waals surface area contributed by atoms with Crippen LogP contribution < -0.4 is 5.32 Å². The second-order valence-electron chi connectivity index (χ2n) is 4.26. The van der Waals surface area contributed by atoms with Crippen molar-refractivity contribution in [2.45, 2.75) is 26.3 Å². The van der Waals surface area contributed by atoms with Crippen LogP contribution in [-0.4, -0.2) is 39.0 Å². The van der Waals surface area contributed by atoms with E-state index < -0.39 is 5.97 Å². The van der Waals surface area contributed by atoms with Gasteiger partial charge in [0.25, 0.3) is 0 Å². The number of carboxylic acid groups (broad SMARTS) is 1. The van der Waals surface area contributed by atoms with Crippen molar-refractivity contribution in [1.29, 1.82) is 0 Å². The molecule has 0 saturated heterocycles. The minimum atomic E-state index is -1.11. The smallest absolute Gasteiger partial charge is 0.356 e. The van der Waals surface area contributed by atoms with Gasteiger partial charge in [0.1, 0.15) is 5.82 Å². The highest BCUT2D eigenvalue weighted by molar-refractivity contribution is 5.85. The summed E-state index contributed by atoms with van der Waals surface area (Å²) in [5, 5.41) is 28.1. The Kier molecular flexibility index (Phi) is 4.84. The van der Waals surface area contributed by atoms with Crippen molar-refractivity contribution in [2.75, 3.05) is 11.9 Å². The van der Waals surface area contributed by atoms with Gasteiger partial charge in [-0.05, 0) is 24.5 Å². The van der Waals surface area contributed by atoms with Gasteiger partial charge in [0.15, 0.2) is 5.69 Å². The lowest BCUT2D eigenvalue weighted by atomic mass is 10.0. The van der Waals surface area contributed by atoms with Crippen LogP contribution in [0.1, 0.15) is 30.8 Å². The first-order chi connectivity index (χ1) is 8.02. The number of carboxylic acids is 1. The molecule has 94 valence electrons. The van der Waals surface area contributed by atoms with E-state index in [2.05, 4.69) is 29.4 Å².